The van der Waals surface area contributed by atoms with Gasteiger partial charge < -0.3 is 4.90 Å². The van der Waals surface area contributed by atoms with Gasteiger partial charge >= 0.3 is 0 Å². The van der Waals surface area contributed by atoms with Crippen LogP contribution in [0.5, 0.6) is 0 Å². The second-order valence-corrected chi connectivity index (χ2v) is 20.1. The van der Waals surface area contributed by atoms with Gasteiger partial charge in [0.25, 0.3) is 0 Å². The van der Waals surface area contributed by atoms with E-state index in [1.54, 1.807) is 11.1 Å². The summed E-state index contributed by atoms with van der Waals surface area (Å²) >= 11 is 0. The van der Waals surface area contributed by atoms with E-state index in [0.29, 0.717) is 5.92 Å². The quantitative estimate of drug-likeness (QED) is 0.168. The lowest BCUT2D eigenvalue weighted by atomic mass is 9.67. The van der Waals surface area contributed by atoms with E-state index in [9.17, 15) is 0 Å². The Morgan fingerprint density at radius 1 is 0.387 bits per heavy atom. The summed E-state index contributed by atoms with van der Waals surface area (Å²) in [5, 5.41) is 0. The monoisotopic (exact) mass is 797 g/mol. The average Bonchev–Trinajstić information content (AvgIpc) is 4.10. The van der Waals surface area contributed by atoms with Gasteiger partial charge in [0.1, 0.15) is 0 Å². The van der Waals surface area contributed by atoms with Gasteiger partial charge in [0.15, 0.2) is 0 Å². The SMILES string of the molecule is CC1(C)c2ccccc2-c2ccc(-c3ccc(N(c4ccc(-c5cccc6c5C(C)(C)c5ccccc5-6)cc4)c4ccc5c(c4)C4(CC6CCC4C6)c4ccccc4-5)cc3)cc21. The van der Waals surface area contributed by atoms with Crippen LogP contribution in [0.4, 0.5) is 17.1 Å². The maximum atomic E-state index is 2.59. The molecule has 2 saturated carbocycles. The van der Waals surface area contributed by atoms with Gasteiger partial charge in [-0.1, -0.05) is 168 Å². The van der Waals surface area contributed by atoms with Crippen LogP contribution in [0.1, 0.15) is 86.8 Å². The number of benzene rings is 8. The van der Waals surface area contributed by atoms with Gasteiger partial charge in [-0.05, 0) is 163 Å². The molecule has 5 aliphatic carbocycles. The smallest absolute Gasteiger partial charge is 0.0465 e. The molecule has 2 bridgehead atoms. The third kappa shape index (κ3) is 4.86. The van der Waals surface area contributed by atoms with Crippen LogP contribution < -0.4 is 4.90 Å². The highest BCUT2D eigenvalue weighted by Gasteiger charge is 2.56. The fourth-order valence-electron chi connectivity index (χ4n) is 13.5. The van der Waals surface area contributed by atoms with Crippen LogP contribution in [0.25, 0.3) is 55.6 Å². The normalized spacial score (nSPS) is 21.0. The Bertz CT molecular complexity index is 3140. The number of hydrogen-bond acceptors (Lipinski definition) is 1. The lowest BCUT2D eigenvalue weighted by molar-refractivity contribution is 0.327. The molecule has 8 aromatic rings. The largest absolute Gasteiger partial charge is 0.310 e. The summed E-state index contributed by atoms with van der Waals surface area (Å²) in [7, 11) is 0. The first-order valence-corrected chi connectivity index (χ1v) is 22.9. The Kier molecular flexibility index (Phi) is 7.48. The highest BCUT2D eigenvalue weighted by atomic mass is 15.1. The molecule has 0 N–H and O–H groups in total. The summed E-state index contributed by atoms with van der Waals surface area (Å²) in [5.41, 5.74) is 25.8. The molecule has 5 aliphatic rings. The molecule has 0 heterocycles. The van der Waals surface area contributed by atoms with Crippen molar-refractivity contribution >= 4 is 17.1 Å². The molecule has 1 spiro atoms. The molecule has 3 unspecified atom stereocenters. The van der Waals surface area contributed by atoms with Gasteiger partial charge in [0.05, 0.1) is 0 Å². The minimum absolute atomic E-state index is 0.0339. The first-order valence-electron chi connectivity index (χ1n) is 22.9. The molecule has 0 saturated heterocycles. The molecule has 1 nitrogen and oxygen atoms in total. The first-order chi connectivity index (χ1) is 30.2. The standard InChI is InChI=1S/C61H51N/c1-59(2)53-17-8-5-12-47(53)50-32-25-41(35-56(50)59)39-21-27-43(28-22-39)62(45-31-33-51-48-13-7-10-19-55(48)61(57(51)36-45)37-38-20-26-42(61)34-38)44-29-23-40(24-30-44)46-15-11-16-52-49-14-6-9-18-54(49)60(3,4)58(46)52/h5-19,21-25,27-33,35-36,38,42H,20,26,34,37H2,1-4H3. The van der Waals surface area contributed by atoms with Crippen molar-refractivity contribution in [2.75, 3.05) is 4.90 Å². The minimum atomic E-state index is -0.0782. The van der Waals surface area contributed by atoms with Gasteiger partial charge in [-0.2, -0.15) is 0 Å². The van der Waals surface area contributed by atoms with Crippen LogP contribution in [0.2, 0.25) is 0 Å². The van der Waals surface area contributed by atoms with E-state index in [1.165, 1.54) is 121 Å². The highest BCUT2D eigenvalue weighted by molar-refractivity contribution is 5.91. The predicted molar refractivity (Wildman–Crippen MR) is 259 cm³/mol. The Hall–Kier alpha value is -6.44. The van der Waals surface area contributed by atoms with Crippen molar-refractivity contribution in [3.63, 3.8) is 0 Å². The number of anilines is 3. The summed E-state index contributed by atoms with van der Waals surface area (Å²) in [6.07, 6.45) is 5.36. The van der Waals surface area contributed by atoms with Crippen LogP contribution >= 0.6 is 0 Å². The van der Waals surface area contributed by atoms with Crippen LogP contribution in [-0.4, -0.2) is 0 Å². The number of rotatable bonds is 5. The van der Waals surface area contributed by atoms with Crippen molar-refractivity contribution in [2.45, 2.75) is 69.6 Å². The molecule has 2 fully saturated rings. The fourth-order valence-corrected chi connectivity index (χ4v) is 13.5. The molecule has 1 heteroatoms. The molecule has 0 aromatic heterocycles. The zero-order valence-electron chi connectivity index (χ0n) is 36.2. The van der Waals surface area contributed by atoms with Crippen molar-refractivity contribution in [3.8, 4) is 55.6 Å². The first kappa shape index (κ1) is 36.2. The van der Waals surface area contributed by atoms with Gasteiger partial charge in [-0.3, -0.25) is 0 Å². The fraction of sp³-hybridized carbons (Fsp3) is 0.213. The lowest BCUT2D eigenvalue weighted by Crippen LogP contribution is -2.32. The molecule has 8 aromatic carbocycles. The lowest BCUT2D eigenvalue weighted by Gasteiger charge is -2.37. The zero-order valence-corrected chi connectivity index (χ0v) is 36.2. The van der Waals surface area contributed by atoms with Crippen LogP contribution in [0, 0.1) is 11.8 Å². The molecular formula is C61H51N. The molecule has 0 amide bonds. The van der Waals surface area contributed by atoms with Crippen LogP contribution in [0.15, 0.2) is 176 Å². The van der Waals surface area contributed by atoms with E-state index in [-0.39, 0.29) is 16.2 Å². The van der Waals surface area contributed by atoms with E-state index in [1.807, 2.05) is 0 Å². The second-order valence-electron chi connectivity index (χ2n) is 20.1. The van der Waals surface area contributed by atoms with E-state index in [0.717, 1.165) is 5.92 Å². The van der Waals surface area contributed by atoms with Crippen molar-refractivity contribution in [3.05, 3.63) is 209 Å². The Labute approximate surface area is 366 Å². The van der Waals surface area contributed by atoms with Crippen molar-refractivity contribution in [1.82, 2.24) is 0 Å². The minimum Gasteiger partial charge on any atom is -0.310 e. The summed E-state index contributed by atoms with van der Waals surface area (Å²) in [5.74, 6) is 1.54. The number of nitrogens with zero attached hydrogens (tertiary/aromatic N) is 1. The Morgan fingerprint density at radius 3 is 1.58 bits per heavy atom. The Balaban J connectivity index is 0.927. The summed E-state index contributed by atoms with van der Waals surface area (Å²) in [4.78, 5) is 2.51. The predicted octanol–water partition coefficient (Wildman–Crippen LogP) is 16.2. The van der Waals surface area contributed by atoms with Gasteiger partial charge in [0, 0.05) is 33.3 Å². The molecule has 3 atom stereocenters. The third-order valence-electron chi connectivity index (χ3n) is 16.3. The van der Waals surface area contributed by atoms with E-state index < -0.39 is 0 Å². The molecule has 13 rings (SSSR count). The van der Waals surface area contributed by atoms with Crippen molar-refractivity contribution < 1.29 is 0 Å². The maximum absolute atomic E-state index is 2.59. The van der Waals surface area contributed by atoms with Gasteiger partial charge in [0.2, 0.25) is 0 Å². The van der Waals surface area contributed by atoms with E-state index in [2.05, 4.69) is 209 Å². The average molecular weight is 798 g/mol. The summed E-state index contributed by atoms with van der Waals surface area (Å²) in [6.45, 7) is 9.51. The number of fused-ring (bicyclic) bond motifs is 14. The number of hydrogen-bond donors (Lipinski definition) is 0. The molecule has 300 valence electrons. The highest BCUT2D eigenvalue weighted by Crippen LogP contribution is 2.66. The molecular weight excluding hydrogens is 747 g/mol. The van der Waals surface area contributed by atoms with E-state index >= 15 is 0 Å². The summed E-state index contributed by atoms with van der Waals surface area (Å²) < 4.78 is 0. The Morgan fingerprint density at radius 2 is 0.903 bits per heavy atom. The summed E-state index contributed by atoms with van der Waals surface area (Å²) in [6, 6.07) is 67.4. The second kappa shape index (κ2) is 12.8. The topological polar surface area (TPSA) is 3.24 Å². The molecule has 0 aliphatic heterocycles. The third-order valence-corrected chi connectivity index (χ3v) is 16.3. The molecule has 0 radical (unpaired) electrons. The zero-order chi connectivity index (χ0) is 41.5. The maximum Gasteiger partial charge on any atom is 0.0465 e. The van der Waals surface area contributed by atoms with Gasteiger partial charge in [-0.25, -0.2) is 0 Å². The van der Waals surface area contributed by atoms with Gasteiger partial charge in [-0.15, -0.1) is 0 Å². The van der Waals surface area contributed by atoms with Crippen molar-refractivity contribution in [1.29, 1.82) is 0 Å². The van der Waals surface area contributed by atoms with E-state index in [4.69, 9.17) is 0 Å². The van der Waals surface area contributed by atoms with Crippen molar-refractivity contribution in [2.24, 2.45) is 11.8 Å². The van der Waals surface area contributed by atoms with Crippen LogP contribution in [0.3, 0.4) is 0 Å². The molecule has 62 heavy (non-hydrogen) atoms. The van der Waals surface area contributed by atoms with Crippen LogP contribution in [-0.2, 0) is 16.2 Å².